The van der Waals surface area contributed by atoms with Crippen LogP contribution in [0.4, 0.5) is 22.0 Å². The van der Waals surface area contributed by atoms with E-state index in [2.05, 4.69) is 19.4 Å². The summed E-state index contributed by atoms with van der Waals surface area (Å²) in [6, 6.07) is 0. The smallest absolute Gasteiger partial charge is 0.397 e. The maximum absolute atomic E-state index is 13.5. The number of benzene rings is 1. The summed E-state index contributed by atoms with van der Waals surface area (Å²) >= 11 is 0. The van der Waals surface area contributed by atoms with Crippen LogP contribution in [-0.2, 0) is 4.74 Å². The van der Waals surface area contributed by atoms with E-state index in [-0.39, 0.29) is 6.61 Å². The number of halogens is 5. The molecule has 0 fully saturated rings. The van der Waals surface area contributed by atoms with Crippen LogP contribution >= 0.6 is 0 Å². The van der Waals surface area contributed by atoms with Gasteiger partial charge in [-0.2, -0.15) is 4.98 Å². The molecule has 0 aliphatic heterocycles. The molecule has 0 radical (unpaired) electrons. The number of nitrogens with zero attached hydrogens (tertiary/aromatic N) is 2. The standard InChI is InChI=1S/C11H5F5N2O3/c1-2-20-11(19)10-17-9(18-21-10)3-4(12)6(14)8(16)7(15)5(3)13/h2H2,1H3. The second kappa shape index (κ2) is 5.46. The second-order valence-corrected chi connectivity index (χ2v) is 3.59. The molecule has 0 N–H and O–H groups in total. The summed E-state index contributed by atoms with van der Waals surface area (Å²) in [5, 5.41) is 3.00. The zero-order valence-corrected chi connectivity index (χ0v) is 10.2. The van der Waals surface area contributed by atoms with E-state index in [1.54, 1.807) is 0 Å². The van der Waals surface area contributed by atoms with Gasteiger partial charge in [-0.25, -0.2) is 26.7 Å². The number of aromatic nitrogens is 2. The van der Waals surface area contributed by atoms with Crippen molar-refractivity contribution >= 4 is 5.97 Å². The Kier molecular flexibility index (Phi) is 3.87. The maximum Gasteiger partial charge on any atom is 0.397 e. The van der Waals surface area contributed by atoms with E-state index >= 15 is 0 Å². The second-order valence-electron chi connectivity index (χ2n) is 3.59. The van der Waals surface area contributed by atoms with Crippen molar-refractivity contribution in [2.45, 2.75) is 6.92 Å². The Balaban J connectivity index is 2.56. The highest BCUT2D eigenvalue weighted by atomic mass is 19.2. The number of esters is 1. The first-order chi connectivity index (χ1) is 9.88. The van der Waals surface area contributed by atoms with E-state index in [1.807, 2.05) is 0 Å². The molecular formula is C11H5F5N2O3. The third-order valence-electron chi connectivity index (χ3n) is 2.31. The van der Waals surface area contributed by atoms with Gasteiger partial charge in [0.25, 0.3) is 0 Å². The quantitative estimate of drug-likeness (QED) is 0.377. The molecule has 10 heteroatoms. The molecule has 0 saturated heterocycles. The number of hydrogen-bond acceptors (Lipinski definition) is 5. The third kappa shape index (κ3) is 2.43. The lowest BCUT2D eigenvalue weighted by Gasteiger charge is -2.04. The molecule has 21 heavy (non-hydrogen) atoms. The predicted octanol–water partition coefficient (Wildman–Crippen LogP) is 2.61. The van der Waals surface area contributed by atoms with Crippen LogP contribution < -0.4 is 0 Å². The monoisotopic (exact) mass is 308 g/mol. The maximum atomic E-state index is 13.5. The average molecular weight is 308 g/mol. The zero-order chi connectivity index (χ0) is 15.7. The van der Waals surface area contributed by atoms with Crippen LogP contribution in [-0.4, -0.2) is 22.7 Å². The highest BCUT2D eigenvalue weighted by Crippen LogP contribution is 2.29. The lowest BCUT2D eigenvalue weighted by Crippen LogP contribution is -2.06. The van der Waals surface area contributed by atoms with E-state index in [4.69, 9.17) is 0 Å². The molecule has 112 valence electrons. The number of ether oxygens (including phenoxy) is 1. The molecule has 0 spiro atoms. The highest BCUT2D eigenvalue weighted by Gasteiger charge is 2.30. The van der Waals surface area contributed by atoms with Gasteiger partial charge in [0.15, 0.2) is 23.3 Å². The van der Waals surface area contributed by atoms with Crippen LogP contribution in [0.2, 0.25) is 0 Å². The molecule has 1 heterocycles. The Hall–Kier alpha value is -2.52. The van der Waals surface area contributed by atoms with Gasteiger partial charge in [0.05, 0.1) is 6.61 Å². The van der Waals surface area contributed by atoms with E-state index in [0.717, 1.165) is 0 Å². The van der Waals surface area contributed by atoms with Gasteiger partial charge in [0.1, 0.15) is 5.56 Å². The van der Waals surface area contributed by atoms with Gasteiger partial charge >= 0.3 is 11.9 Å². The van der Waals surface area contributed by atoms with Gasteiger partial charge in [0.2, 0.25) is 11.6 Å². The van der Waals surface area contributed by atoms with Gasteiger partial charge < -0.3 is 9.26 Å². The number of hydrogen-bond donors (Lipinski definition) is 0. The van der Waals surface area contributed by atoms with Gasteiger partial charge in [-0.05, 0) is 6.92 Å². The van der Waals surface area contributed by atoms with Crippen LogP contribution in [0.3, 0.4) is 0 Å². The molecular weight excluding hydrogens is 303 g/mol. The number of carbonyl (C=O) groups excluding carboxylic acids is 1. The third-order valence-corrected chi connectivity index (χ3v) is 2.31. The van der Waals surface area contributed by atoms with E-state index in [1.165, 1.54) is 6.92 Å². The Bertz CT molecular complexity index is 687. The lowest BCUT2D eigenvalue weighted by atomic mass is 10.1. The largest absolute Gasteiger partial charge is 0.459 e. The Labute approximate surface area is 113 Å². The van der Waals surface area contributed by atoms with Crippen LogP contribution in [0.5, 0.6) is 0 Å². The molecule has 0 unspecified atom stereocenters. The van der Waals surface area contributed by atoms with E-state index in [0.29, 0.717) is 0 Å². The molecule has 0 aliphatic rings. The van der Waals surface area contributed by atoms with E-state index in [9.17, 15) is 26.7 Å². The summed E-state index contributed by atoms with van der Waals surface area (Å²) in [4.78, 5) is 14.5. The SMILES string of the molecule is CCOC(=O)c1nc(-c2c(F)c(F)c(F)c(F)c2F)no1. The van der Waals surface area contributed by atoms with Crippen LogP contribution in [0.25, 0.3) is 11.4 Å². The summed E-state index contributed by atoms with van der Waals surface area (Å²) < 4.78 is 74.7. The minimum atomic E-state index is -2.32. The van der Waals surface area contributed by atoms with Crippen LogP contribution in [0.1, 0.15) is 17.6 Å². The minimum Gasteiger partial charge on any atom is -0.459 e. The lowest BCUT2D eigenvalue weighted by molar-refractivity contribution is 0.0470. The van der Waals surface area contributed by atoms with Crippen LogP contribution in [0, 0.1) is 29.1 Å². The summed E-state index contributed by atoms with van der Waals surface area (Å²) in [5.74, 6) is -13.8. The predicted molar refractivity (Wildman–Crippen MR) is 55.5 cm³/mol. The van der Waals surface area contributed by atoms with Gasteiger partial charge in [-0.1, -0.05) is 5.16 Å². The summed E-state index contributed by atoms with van der Waals surface area (Å²) in [6.45, 7) is 1.43. The first-order valence-electron chi connectivity index (χ1n) is 5.41. The van der Waals surface area contributed by atoms with Crippen molar-refractivity contribution in [3.8, 4) is 11.4 Å². The van der Waals surface area contributed by atoms with Crippen LogP contribution in [0.15, 0.2) is 4.52 Å². The molecule has 1 aromatic carbocycles. The van der Waals surface area contributed by atoms with Crippen molar-refractivity contribution in [2.24, 2.45) is 0 Å². The molecule has 2 rings (SSSR count). The van der Waals surface area contributed by atoms with E-state index < -0.39 is 52.3 Å². The number of carbonyl (C=O) groups is 1. The molecule has 0 atom stereocenters. The Morgan fingerprint density at radius 2 is 1.57 bits per heavy atom. The first kappa shape index (κ1) is 14.9. The zero-order valence-electron chi connectivity index (χ0n) is 10.2. The molecule has 2 aromatic rings. The van der Waals surface area contributed by atoms with Crippen molar-refractivity contribution in [1.29, 1.82) is 0 Å². The highest BCUT2D eigenvalue weighted by molar-refractivity contribution is 5.84. The molecule has 0 aliphatic carbocycles. The average Bonchev–Trinajstić information content (AvgIpc) is 2.93. The van der Waals surface area contributed by atoms with Gasteiger partial charge in [0, 0.05) is 0 Å². The van der Waals surface area contributed by atoms with Crippen molar-refractivity contribution in [3.05, 3.63) is 35.0 Å². The Morgan fingerprint density at radius 3 is 2.10 bits per heavy atom. The molecule has 0 bridgehead atoms. The minimum absolute atomic E-state index is 0.0426. The van der Waals surface area contributed by atoms with Crippen molar-refractivity contribution in [3.63, 3.8) is 0 Å². The molecule has 5 nitrogen and oxygen atoms in total. The van der Waals surface area contributed by atoms with Gasteiger partial charge in [-0.15, -0.1) is 0 Å². The summed E-state index contributed by atoms with van der Waals surface area (Å²) in [7, 11) is 0. The summed E-state index contributed by atoms with van der Waals surface area (Å²) in [5.41, 5.74) is -1.40. The first-order valence-corrected chi connectivity index (χ1v) is 5.41. The fourth-order valence-electron chi connectivity index (χ4n) is 1.40. The Morgan fingerprint density at radius 1 is 1.05 bits per heavy atom. The molecule has 1 aromatic heterocycles. The summed E-state index contributed by atoms with van der Waals surface area (Å²) in [6.07, 6.45) is 0. The van der Waals surface area contributed by atoms with Gasteiger partial charge in [-0.3, -0.25) is 0 Å². The van der Waals surface area contributed by atoms with Crippen molar-refractivity contribution in [1.82, 2.24) is 10.1 Å². The fourth-order valence-corrected chi connectivity index (χ4v) is 1.40. The molecule has 0 saturated carbocycles. The fraction of sp³-hybridized carbons (Fsp3) is 0.182. The van der Waals surface area contributed by atoms with Crippen molar-refractivity contribution < 1.29 is 36.0 Å². The normalized spacial score (nSPS) is 10.8. The number of rotatable bonds is 3. The van der Waals surface area contributed by atoms with Crippen molar-refractivity contribution in [2.75, 3.05) is 6.61 Å². The topological polar surface area (TPSA) is 65.2 Å². The molecule has 0 amide bonds.